The van der Waals surface area contributed by atoms with Gasteiger partial charge in [-0.25, -0.2) is 0 Å². The summed E-state index contributed by atoms with van der Waals surface area (Å²) in [6.45, 7) is 0. The number of hydrogen-bond donors (Lipinski definition) is 0. The number of nitriles is 1. The summed E-state index contributed by atoms with van der Waals surface area (Å²) in [7, 11) is 0. The van der Waals surface area contributed by atoms with Crippen molar-refractivity contribution >= 4 is 0 Å². The molecule has 0 aliphatic carbocycles. The number of hydrogen-bond acceptors (Lipinski definition) is 1. The third kappa shape index (κ3) is 86.9. The summed E-state index contributed by atoms with van der Waals surface area (Å²) in [5, 5.41) is 8.23. The van der Waals surface area contributed by atoms with Crippen LogP contribution in [0.15, 0.2) is 0 Å². The maximum atomic E-state index is 8.23. The molecule has 0 unspecified atom stereocenters. The zero-order valence-corrected chi connectivity index (χ0v) is 57.0. The van der Waals surface area contributed by atoms with Gasteiger partial charge in [-0.2, -0.15) is 5.26 Å². The molecule has 458 valence electrons. The number of nitrogens with zero attached hydrogens (tertiary/aromatic N) is 1. The normalized spacial score (nSPS) is 3.95. The Morgan fingerprint density at radius 3 is 0.158 bits per heavy atom. The largest absolute Gasteiger partial charge is 0.183 e. The predicted octanol–water partition coefficient (Wildman–Crippen LogP) is 0.330. The van der Waals surface area contributed by atoms with Crippen LogP contribution in [0.4, 0.5) is 0 Å². The SMILES string of the molecule is C#CC#CC#CC#CC#CC#CC#CC#CC#CC#CC#CC#CC#CC#CC#CC#CC#CC#CC#CC#CC#CC#CC#CC#CC#CC#CC#CC#CC#CC#CC#CC#CC#CC#CC#CC#CC#CC#CC#CC#CC#CC#CC#CC#CC#CC#CC#CC#CC#CC#CC#CC#CC#CC#CC#CC#CC#N. The highest BCUT2D eigenvalue weighted by Crippen LogP contribution is 1.69. The van der Waals surface area contributed by atoms with E-state index in [-0.39, 0.29) is 0 Å². The molecule has 0 aliphatic heterocycles. The Morgan fingerprint density at radius 2 is 0.114 bits per heavy atom. The lowest BCUT2D eigenvalue weighted by atomic mass is 10.4. The minimum Gasteiger partial charge on any atom is -0.183 e. The van der Waals surface area contributed by atoms with Gasteiger partial charge in [0.2, 0.25) is 0 Å². The first kappa shape index (κ1) is 88.9. The van der Waals surface area contributed by atoms with Gasteiger partial charge in [0.1, 0.15) is 0 Å². The van der Waals surface area contributed by atoms with Crippen molar-refractivity contribution in [2.24, 2.45) is 0 Å². The summed E-state index contributed by atoms with van der Waals surface area (Å²) in [4.78, 5) is 0. The molecular weight excluding hydrogens is 1370 g/mol. The second kappa shape index (κ2) is 87.9. The first-order valence-electron chi connectivity index (χ1n) is 28.3. The molecule has 114 heavy (non-hydrogen) atoms. The zero-order valence-electron chi connectivity index (χ0n) is 57.0. The number of terminal acetylenes is 1. The summed E-state index contributed by atoms with van der Waals surface area (Å²) >= 11 is 0. The molecule has 0 aromatic carbocycles. The van der Waals surface area contributed by atoms with Crippen molar-refractivity contribution in [3.05, 3.63) is 0 Å². The highest BCUT2D eigenvalue weighted by Gasteiger charge is 1.68. The summed E-state index contributed by atoms with van der Waals surface area (Å²) in [6, 6.07) is 1.62. The van der Waals surface area contributed by atoms with E-state index in [4.69, 9.17) is 11.7 Å². The number of rotatable bonds is 0. The fourth-order valence-electron chi connectivity index (χ4n) is 3.44. The molecule has 0 rings (SSSR count). The minimum atomic E-state index is 1.62. The molecule has 0 saturated carbocycles. The summed E-state index contributed by atoms with van der Waals surface area (Å²) in [5.41, 5.74) is 0. The lowest BCUT2D eigenvalue weighted by Gasteiger charge is -1.58. The van der Waals surface area contributed by atoms with Crippen molar-refractivity contribution in [2.45, 2.75) is 0 Å². The summed E-state index contributed by atoms with van der Waals surface area (Å²) in [5.74, 6) is 275. The van der Waals surface area contributed by atoms with Gasteiger partial charge in [-0.05, 0) is 47.4 Å². The summed E-state index contributed by atoms with van der Waals surface area (Å²) < 4.78 is 0. The molecule has 1 nitrogen and oxygen atoms in total. The zero-order chi connectivity index (χ0) is 81.2. The molecule has 0 saturated heterocycles. The molecule has 0 bridgehead atoms. The Bertz CT molecular complexity index is 7650. The van der Waals surface area contributed by atoms with Crippen LogP contribution in [0.25, 0.3) is 0 Å². The quantitative estimate of drug-likeness (QED) is 0.322. The molecule has 0 radical (unpaired) electrons. The van der Waals surface area contributed by atoms with E-state index in [1.807, 2.05) is 0 Å². The molecule has 0 aliphatic rings. The van der Waals surface area contributed by atoms with Crippen LogP contribution < -0.4 is 0 Å². The van der Waals surface area contributed by atoms with Crippen molar-refractivity contribution in [1.29, 1.82) is 5.26 Å². The van der Waals surface area contributed by atoms with E-state index in [1.165, 1.54) is 0 Å². The standard InChI is InChI=1S/C113HN/c1-2-3-4-5-6-7-8-9-10-11-12-13-14-15-16-17-18-19-20-21-22-23-24-25-26-27-28-29-30-31-32-33-34-35-36-37-38-39-40-41-42-43-44-45-46-47-48-49-50-51-52-53-54-55-56-57-58-59-60-61-62-63-64-65-66-67-68-69-70-71-72-73-74-75-76-77-78-79-80-81-82-83-84-85-86-87-88-89-90-91-92-93-94-95-96-97-98-99-100-101-102-103-104-105-106-107-108-109-110-111-112-113-114/h1H. The van der Waals surface area contributed by atoms with Crippen molar-refractivity contribution in [3.8, 4) is 670 Å². The van der Waals surface area contributed by atoms with Crippen molar-refractivity contribution in [1.82, 2.24) is 0 Å². The van der Waals surface area contributed by atoms with Gasteiger partial charge in [0.15, 0.2) is 6.07 Å². The fraction of sp³-hybridized carbons (Fsp3) is 0. The summed E-state index contributed by atoms with van der Waals surface area (Å²) in [6.07, 6.45) is 4.95. The monoisotopic (exact) mass is 1370 g/mol. The molecule has 0 amide bonds. The maximum absolute atomic E-state index is 8.23. The Kier molecular flexibility index (Phi) is 68.5. The van der Waals surface area contributed by atoms with Crippen LogP contribution >= 0.6 is 0 Å². The van der Waals surface area contributed by atoms with Gasteiger partial charge < -0.3 is 0 Å². The molecule has 0 spiro atoms. The van der Waals surface area contributed by atoms with Crippen LogP contribution in [0.2, 0.25) is 0 Å². The van der Waals surface area contributed by atoms with Crippen molar-refractivity contribution in [2.75, 3.05) is 0 Å². The third-order valence-corrected chi connectivity index (χ3v) is 6.94. The second-order valence-electron chi connectivity index (χ2n) is 14.0. The lowest BCUT2D eigenvalue weighted by Crippen LogP contribution is -1.57. The van der Waals surface area contributed by atoms with E-state index >= 15 is 0 Å². The van der Waals surface area contributed by atoms with Crippen LogP contribution in [0.1, 0.15) is 0 Å². The lowest BCUT2D eigenvalue weighted by molar-refractivity contribution is 1.55. The Labute approximate surface area is 670 Å². The fourth-order valence-corrected chi connectivity index (χ4v) is 3.44. The first-order valence-corrected chi connectivity index (χ1v) is 28.3. The van der Waals surface area contributed by atoms with Crippen molar-refractivity contribution in [3.63, 3.8) is 0 Å². The Morgan fingerprint density at radius 1 is 0.0702 bits per heavy atom. The molecule has 0 fully saturated rings. The van der Waals surface area contributed by atoms with Gasteiger partial charge in [-0.15, -0.1) is 6.42 Å². The van der Waals surface area contributed by atoms with Crippen LogP contribution in [0, 0.1) is 675 Å². The molecule has 1 heteroatoms. The molecule has 0 atom stereocenters. The van der Waals surface area contributed by atoms with Crippen LogP contribution in [-0.4, -0.2) is 0 Å². The topological polar surface area (TPSA) is 23.8 Å². The molecule has 0 aromatic heterocycles. The van der Waals surface area contributed by atoms with Gasteiger partial charge >= 0.3 is 0 Å². The van der Waals surface area contributed by atoms with Gasteiger partial charge in [0.05, 0.1) is 0 Å². The van der Waals surface area contributed by atoms with Gasteiger partial charge in [-0.1, -0.05) is 0 Å². The van der Waals surface area contributed by atoms with E-state index in [0.29, 0.717) is 0 Å². The maximum Gasteiger partial charge on any atom is 0.153 e. The second-order valence-corrected chi connectivity index (χ2v) is 14.0. The van der Waals surface area contributed by atoms with E-state index in [1.54, 1.807) is 6.07 Å². The van der Waals surface area contributed by atoms with E-state index in [2.05, 4.69) is 657 Å². The van der Waals surface area contributed by atoms with Crippen LogP contribution in [-0.2, 0) is 0 Å². The van der Waals surface area contributed by atoms with Crippen LogP contribution in [0.5, 0.6) is 0 Å². The Hall–Kier alpha value is -25.1. The van der Waals surface area contributed by atoms with Crippen LogP contribution in [0.3, 0.4) is 0 Å². The molecule has 0 heterocycles. The minimum absolute atomic E-state index is 1.62. The molecule has 0 aromatic rings. The van der Waals surface area contributed by atoms with E-state index in [0.717, 1.165) is 0 Å². The van der Waals surface area contributed by atoms with E-state index in [9.17, 15) is 0 Å². The first-order chi connectivity index (χ1) is 56.9. The van der Waals surface area contributed by atoms with Crippen molar-refractivity contribution < 1.29 is 0 Å². The average molecular weight is 1370 g/mol. The third-order valence-electron chi connectivity index (χ3n) is 6.94. The highest BCUT2D eigenvalue weighted by molar-refractivity contribution is 5.57. The van der Waals surface area contributed by atoms with Gasteiger partial charge in [0, 0.05) is 610 Å². The van der Waals surface area contributed by atoms with Gasteiger partial charge in [-0.3, -0.25) is 0 Å². The Balaban J connectivity index is 4.65. The molecular formula is C113HN. The predicted molar refractivity (Wildman–Crippen MR) is 442 cm³/mol. The van der Waals surface area contributed by atoms with E-state index < -0.39 is 0 Å². The molecule has 0 N–H and O–H groups in total. The van der Waals surface area contributed by atoms with Gasteiger partial charge in [0.25, 0.3) is 0 Å². The smallest absolute Gasteiger partial charge is 0.153 e. The highest BCUT2D eigenvalue weighted by atomic mass is 14.2. The average Bonchev–Trinajstić information content (AvgIpc) is 2.83.